The maximum atomic E-state index is 5.96. The second-order valence-electron chi connectivity index (χ2n) is 2.72. The first-order chi connectivity index (χ1) is 6.18. The van der Waals surface area contributed by atoms with Crippen molar-refractivity contribution in [3.05, 3.63) is 34.0 Å². The number of benzene rings is 1. The van der Waals surface area contributed by atoms with Crippen molar-refractivity contribution in [2.24, 2.45) is 0 Å². The van der Waals surface area contributed by atoms with E-state index >= 15 is 0 Å². The lowest BCUT2D eigenvalue weighted by Crippen LogP contribution is -1.87. The van der Waals surface area contributed by atoms with Gasteiger partial charge in [0, 0.05) is 33.3 Å². The summed E-state index contributed by atoms with van der Waals surface area (Å²) in [5, 5.41) is 2.55. The van der Waals surface area contributed by atoms with E-state index in [1.54, 1.807) is 12.4 Å². The molecule has 0 amide bonds. The Morgan fingerprint density at radius 3 is 2.85 bits per heavy atom. The summed E-state index contributed by atoms with van der Waals surface area (Å²) in [5.41, 5.74) is 6.41. The van der Waals surface area contributed by atoms with Crippen LogP contribution in [0.5, 0.6) is 0 Å². The maximum Gasteiger partial charge on any atom is 0.0668 e. The molecule has 0 aliphatic carbocycles. The molecule has 66 valence electrons. The molecule has 4 heteroatoms. The fourth-order valence-electron chi connectivity index (χ4n) is 1.17. The van der Waals surface area contributed by atoms with Crippen molar-refractivity contribution >= 4 is 44.0 Å². The van der Waals surface area contributed by atoms with Gasteiger partial charge in [-0.15, -0.1) is 0 Å². The van der Waals surface area contributed by atoms with Gasteiger partial charge in [-0.05, 0) is 28.1 Å². The molecule has 0 aliphatic rings. The summed E-state index contributed by atoms with van der Waals surface area (Å²) in [4.78, 5) is 3.98. The average molecular weight is 258 g/mol. The largest absolute Gasteiger partial charge is 0.398 e. The molecule has 1 heterocycles. The van der Waals surface area contributed by atoms with Gasteiger partial charge in [-0.2, -0.15) is 0 Å². The van der Waals surface area contributed by atoms with Gasteiger partial charge in [0.1, 0.15) is 0 Å². The zero-order chi connectivity index (χ0) is 9.42. The minimum absolute atomic E-state index is 0.637. The Hall–Kier alpha value is -0.800. The summed E-state index contributed by atoms with van der Waals surface area (Å²) < 4.78 is 0.855. The molecule has 13 heavy (non-hydrogen) atoms. The molecular formula is C9H6BrClN2. The van der Waals surface area contributed by atoms with Crippen LogP contribution in [0.2, 0.25) is 5.02 Å². The highest BCUT2D eigenvalue weighted by atomic mass is 79.9. The monoisotopic (exact) mass is 256 g/mol. The van der Waals surface area contributed by atoms with E-state index in [2.05, 4.69) is 20.9 Å². The predicted octanol–water partition coefficient (Wildman–Crippen LogP) is 3.23. The third-order valence-corrected chi connectivity index (χ3v) is 2.82. The number of halogens is 2. The number of anilines is 1. The van der Waals surface area contributed by atoms with E-state index in [-0.39, 0.29) is 0 Å². The van der Waals surface area contributed by atoms with Gasteiger partial charge in [-0.25, -0.2) is 0 Å². The van der Waals surface area contributed by atoms with Crippen molar-refractivity contribution in [2.45, 2.75) is 0 Å². The topological polar surface area (TPSA) is 38.9 Å². The van der Waals surface area contributed by atoms with E-state index in [1.165, 1.54) is 0 Å². The van der Waals surface area contributed by atoms with Crippen LogP contribution in [0, 0.1) is 0 Å². The number of nitrogens with zero attached hydrogens (tertiary/aromatic N) is 1. The lowest BCUT2D eigenvalue weighted by molar-refractivity contribution is 1.36. The van der Waals surface area contributed by atoms with Gasteiger partial charge in [0.05, 0.1) is 5.02 Å². The standard InChI is InChI=1S/C9H6BrClN2/c10-7-2-6-5(1-9(7)12)3-13-4-8(6)11/h1-4H,12H2. The third-order valence-electron chi connectivity index (χ3n) is 1.83. The molecule has 2 nitrogen and oxygen atoms in total. The van der Waals surface area contributed by atoms with Crippen LogP contribution in [0.15, 0.2) is 29.0 Å². The molecule has 0 unspecified atom stereocenters. The predicted molar refractivity (Wildman–Crippen MR) is 58.9 cm³/mol. The van der Waals surface area contributed by atoms with Crippen molar-refractivity contribution in [1.82, 2.24) is 4.98 Å². The molecular weight excluding hydrogens is 251 g/mol. The lowest BCUT2D eigenvalue weighted by Gasteiger charge is -2.02. The van der Waals surface area contributed by atoms with Crippen LogP contribution in [0.25, 0.3) is 10.8 Å². The minimum atomic E-state index is 0.637. The van der Waals surface area contributed by atoms with E-state index in [0.29, 0.717) is 10.7 Å². The number of nitrogens with two attached hydrogens (primary N) is 1. The van der Waals surface area contributed by atoms with Crippen molar-refractivity contribution < 1.29 is 0 Å². The van der Waals surface area contributed by atoms with Gasteiger partial charge in [0.25, 0.3) is 0 Å². The molecule has 0 radical (unpaired) electrons. The highest BCUT2D eigenvalue weighted by molar-refractivity contribution is 9.10. The highest BCUT2D eigenvalue weighted by Crippen LogP contribution is 2.29. The quantitative estimate of drug-likeness (QED) is 0.736. The number of rotatable bonds is 0. The number of pyridine rings is 1. The van der Waals surface area contributed by atoms with Crippen LogP contribution >= 0.6 is 27.5 Å². The number of aromatic nitrogens is 1. The Kier molecular flexibility index (Phi) is 2.14. The maximum absolute atomic E-state index is 5.96. The van der Waals surface area contributed by atoms with Crippen LogP contribution in [-0.2, 0) is 0 Å². The number of hydrogen-bond acceptors (Lipinski definition) is 2. The Labute approximate surface area is 88.8 Å². The molecule has 0 saturated carbocycles. The highest BCUT2D eigenvalue weighted by Gasteiger charge is 2.02. The molecule has 0 spiro atoms. The molecule has 2 aromatic rings. The van der Waals surface area contributed by atoms with Gasteiger partial charge < -0.3 is 5.73 Å². The van der Waals surface area contributed by atoms with Gasteiger partial charge in [0.15, 0.2) is 0 Å². The van der Waals surface area contributed by atoms with E-state index < -0.39 is 0 Å². The normalized spacial score (nSPS) is 10.6. The smallest absolute Gasteiger partial charge is 0.0668 e. The van der Waals surface area contributed by atoms with Crippen LogP contribution in [0.3, 0.4) is 0 Å². The Morgan fingerprint density at radius 1 is 1.31 bits per heavy atom. The summed E-state index contributed by atoms with van der Waals surface area (Å²) in [7, 11) is 0. The van der Waals surface area contributed by atoms with E-state index in [1.807, 2.05) is 12.1 Å². The Balaban J connectivity index is 2.89. The number of fused-ring (bicyclic) bond motifs is 1. The molecule has 1 aromatic carbocycles. The average Bonchev–Trinajstić information content (AvgIpc) is 2.09. The number of nitrogen functional groups attached to an aromatic ring is 1. The summed E-state index contributed by atoms with van der Waals surface area (Å²) in [6, 6.07) is 3.74. The zero-order valence-electron chi connectivity index (χ0n) is 6.59. The fraction of sp³-hybridized carbons (Fsp3) is 0. The molecule has 1 aromatic heterocycles. The Bertz CT molecular complexity index is 470. The minimum Gasteiger partial charge on any atom is -0.398 e. The summed E-state index contributed by atoms with van der Waals surface area (Å²) >= 11 is 9.30. The van der Waals surface area contributed by atoms with Crippen LogP contribution in [0.4, 0.5) is 5.69 Å². The summed E-state index contributed by atoms with van der Waals surface area (Å²) in [6.45, 7) is 0. The van der Waals surface area contributed by atoms with Crippen molar-refractivity contribution in [3.63, 3.8) is 0 Å². The second-order valence-corrected chi connectivity index (χ2v) is 3.98. The van der Waals surface area contributed by atoms with Gasteiger partial charge in [0.2, 0.25) is 0 Å². The molecule has 0 fully saturated rings. The van der Waals surface area contributed by atoms with E-state index in [4.69, 9.17) is 17.3 Å². The van der Waals surface area contributed by atoms with Crippen molar-refractivity contribution in [1.29, 1.82) is 0 Å². The van der Waals surface area contributed by atoms with Crippen LogP contribution in [0.1, 0.15) is 0 Å². The van der Waals surface area contributed by atoms with Crippen LogP contribution in [-0.4, -0.2) is 4.98 Å². The zero-order valence-corrected chi connectivity index (χ0v) is 8.93. The van der Waals surface area contributed by atoms with E-state index in [9.17, 15) is 0 Å². The molecule has 2 N–H and O–H groups in total. The molecule has 0 atom stereocenters. The SMILES string of the molecule is Nc1cc2cncc(Cl)c2cc1Br. The first-order valence-electron chi connectivity index (χ1n) is 3.67. The number of hydrogen-bond donors (Lipinski definition) is 1. The second kappa shape index (κ2) is 3.16. The lowest BCUT2D eigenvalue weighted by atomic mass is 10.1. The summed E-state index contributed by atoms with van der Waals surface area (Å²) in [6.07, 6.45) is 3.36. The van der Waals surface area contributed by atoms with E-state index in [0.717, 1.165) is 15.2 Å². The molecule has 2 rings (SSSR count). The van der Waals surface area contributed by atoms with Crippen LogP contribution < -0.4 is 5.73 Å². The van der Waals surface area contributed by atoms with Gasteiger partial charge >= 0.3 is 0 Å². The fourth-order valence-corrected chi connectivity index (χ4v) is 1.74. The van der Waals surface area contributed by atoms with Crippen molar-refractivity contribution in [2.75, 3.05) is 5.73 Å². The Morgan fingerprint density at radius 2 is 2.08 bits per heavy atom. The first kappa shape index (κ1) is 8.78. The van der Waals surface area contributed by atoms with Gasteiger partial charge in [-0.3, -0.25) is 4.98 Å². The molecule has 0 aliphatic heterocycles. The molecule has 0 saturated heterocycles. The summed E-state index contributed by atoms with van der Waals surface area (Å²) in [5.74, 6) is 0. The molecule has 0 bridgehead atoms. The van der Waals surface area contributed by atoms with Crippen molar-refractivity contribution in [3.8, 4) is 0 Å². The van der Waals surface area contributed by atoms with Gasteiger partial charge in [-0.1, -0.05) is 11.6 Å². The third kappa shape index (κ3) is 1.49. The first-order valence-corrected chi connectivity index (χ1v) is 4.84.